The van der Waals surface area contributed by atoms with Gasteiger partial charge in [0.1, 0.15) is 4.99 Å². The molecule has 1 aromatic carbocycles. The summed E-state index contributed by atoms with van der Waals surface area (Å²) in [7, 11) is 1.71. The highest BCUT2D eigenvalue weighted by Crippen LogP contribution is 2.23. The first-order valence-electron chi connectivity index (χ1n) is 5.36. The van der Waals surface area contributed by atoms with Gasteiger partial charge in [0.2, 0.25) is 0 Å². The molecule has 0 heterocycles. The van der Waals surface area contributed by atoms with Crippen LogP contribution in [0.15, 0.2) is 22.7 Å². The van der Waals surface area contributed by atoms with Crippen molar-refractivity contribution in [1.29, 1.82) is 0 Å². The lowest BCUT2D eigenvalue weighted by molar-refractivity contribution is 0.164. The minimum absolute atomic E-state index is 0.407. The van der Waals surface area contributed by atoms with Crippen molar-refractivity contribution in [2.45, 2.75) is 6.92 Å². The molecule has 0 bridgehead atoms. The Morgan fingerprint density at radius 1 is 1.59 bits per heavy atom. The van der Waals surface area contributed by atoms with Crippen LogP contribution < -0.4 is 11.1 Å². The van der Waals surface area contributed by atoms with Crippen molar-refractivity contribution in [3.05, 3.63) is 28.2 Å². The number of rotatable bonds is 6. The number of thiocarbonyl (C=S) groups is 1. The monoisotopic (exact) mass is 316 g/mol. The van der Waals surface area contributed by atoms with E-state index in [-0.39, 0.29) is 0 Å². The standard InChI is InChI=1S/C12H17BrN2OS/c1-8(7-16-2)6-15-11-4-3-9(12(14)17)5-10(11)13/h3-5,8,15H,6-7H2,1-2H3,(H2,14,17). The van der Waals surface area contributed by atoms with Crippen LogP contribution in [0.4, 0.5) is 5.69 Å². The van der Waals surface area contributed by atoms with E-state index in [4.69, 9.17) is 22.7 Å². The van der Waals surface area contributed by atoms with Crippen LogP contribution >= 0.6 is 28.1 Å². The van der Waals surface area contributed by atoms with E-state index < -0.39 is 0 Å². The van der Waals surface area contributed by atoms with E-state index in [0.29, 0.717) is 10.9 Å². The number of hydrogen-bond acceptors (Lipinski definition) is 3. The maximum absolute atomic E-state index is 5.57. The van der Waals surface area contributed by atoms with Crippen LogP contribution in [0.25, 0.3) is 0 Å². The third kappa shape index (κ3) is 4.61. The van der Waals surface area contributed by atoms with Crippen molar-refractivity contribution in [2.24, 2.45) is 11.7 Å². The van der Waals surface area contributed by atoms with Crippen molar-refractivity contribution < 1.29 is 4.74 Å². The molecule has 1 atom stereocenters. The molecule has 3 nitrogen and oxygen atoms in total. The Hall–Kier alpha value is -0.650. The summed E-state index contributed by atoms with van der Waals surface area (Å²) in [4.78, 5) is 0.407. The highest BCUT2D eigenvalue weighted by molar-refractivity contribution is 9.10. The van der Waals surface area contributed by atoms with Crippen molar-refractivity contribution in [3.63, 3.8) is 0 Å². The van der Waals surface area contributed by atoms with Crippen molar-refractivity contribution in [3.8, 4) is 0 Å². The molecule has 5 heteroatoms. The first-order chi connectivity index (χ1) is 8.04. The minimum Gasteiger partial charge on any atom is -0.389 e. The van der Waals surface area contributed by atoms with Gasteiger partial charge in [-0.3, -0.25) is 0 Å². The molecule has 1 aromatic rings. The molecule has 0 aliphatic heterocycles. The average molecular weight is 317 g/mol. The molecule has 0 saturated heterocycles. The molecular formula is C12H17BrN2OS. The highest BCUT2D eigenvalue weighted by Gasteiger charge is 2.05. The van der Waals surface area contributed by atoms with Crippen molar-refractivity contribution in [2.75, 3.05) is 25.6 Å². The summed E-state index contributed by atoms with van der Waals surface area (Å²) >= 11 is 8.42. The van der Waals surface area contributed by atoms with E-state index in [0.717, 1.165) is 28.9 Å². The van der Waals surface area contributed by atoms with Gasteiger partial charge >= 0.3 is 0 Å². The van der Waals surface area contributed by atoms with E-state index in [9.17, 15) is 0 Å². The van der Waals surface area contributed by atoms with Gasteiger partial charge in [-0.05, 0) is 40.0 Å². The maximum atomic E-state index is 5.57. The average Bonchev–Trinajstić information content (AvgIpc) is 2.27. The smallest absolute Gasteiger partial charge is 0.104 e. The molecule has 0 spiro atoms. The van der Waals surface area contributed by atoms with Crippen molar-refractivity contribution >= 4 is 38.8 Å². The third-order valence-corrected chi connectivity index (χ3v) is 3.24. The summed E-state index contributed by atoms with van der Waals surface area (Å²) in [5.74, 6) is 0.460. The molecule has 0 saturated carbocycles. The molecule has 17 heavy (non-hydrogen) atoms. The van der Waals surface area contributed by atoms with Gasteiger partial charge in [0.05, 0.1) is 6.61 Å². The first-order valence-corrected chi connectivity index (χ1v) is 6.57. The highest BCUT2D eigenvalue weighted by atomic mass is 79.9. The molecule has 1 unspecified atom stereocenters. The predicted octanol–water partition coefficient (Wildman–Crippen LogP) is 2.78. The fourth-order valence-electron chi connectivity index (χ4n) is 1.44. The zero-order valence-corrected chi connectivity index (χ0v) is 12.4. The molecule has 0 amide bonds. The van der Waals surface area contributed by atoms with Crippen LogP contribution in [-0.2, 0) is 4.74 Å². The molecule has 0 aromatic heterocycles. The van der Waals surface area contributed by atoms with Gasteiger partial charge in [0.25, 0.3) is 0 Å². The molecule has 0 fully saturated rings. The fourth-order valence-corrected chi connectivity index (χ4v) is 2.09. The number of anilines is 1. The summed E-state index contributed by atoms with van der Waals surface area (Å²) in [6, 6.07) is 5.81. The van der Waals surface area contributed by atoms with Gasteiger partial charge in [-0.1, -0.05) is 19.1 Å². The SMILES string of the molecule is COCC(C)CNc1ccc(C(N)=S)cc1Br. The second-order valence-electron chi connectivity index (χ2n) is 4.00. The zero-order chi connectivity index (χ0) is 12.8. The van der Waals surface area contributed by atoms with Crippen LogP contribution in [0.1, 0.15) is 12.5 Å². The number of nitrogens with one attached hydrogen (secondary N) is 1. The second-order valence-corrected chi connectivity index (χ2v) is 5.29. The zero-order valence-electron chi connectivity index (χ0n) is 10.00. The predicted molar refractivity (Wildman–Crippen MR) is 79.6 cm³/mol. The quantitative estimate of drug-likeness (QED) is 0.792. The van der Waals surface area contributed by atoms with Crippen molar-refractivity contribution in [1.82, 2.24) is 0 Å². The minimum atomic E-state index is 0.407. The molecule has 94 valence electrons. The lowest BCUT2D eigenvalue weighted by Gasteiger charge is -2.14. The summed E-state index contributed by atoms with van der Waals surface area (Å²) in [6.45, 7) is 3.74. The van der Waals surface area contributed by atoms with E-state index in [1.54, 1.807) is 7.11 Å². The van der Waals surface area contributed by atoms with E-state index >= 15 is 0 Å². The Bertz CT molecular complexity index is 398. The Kier molecular flexibility index (Phi) is 5.88. The largest absolute Gasteiger partial charge is 0.389 e. The second kappa shape index (κ2) is 6.93. The molecule has 0 aliphatic carbocycles. The summed E-state index contributed by atoms with van der Waals surface area (Å²) < 4.78 is 6.05. The van der Waals surface area contributed by atoms with Gasteiger partial charge in [-0.2, -0.15) is 0 Å². The van der Waals surface area contributed by atoms with Gasteiger partial charge in [0, 0.05) is 29.4 Å². The Balaban J connectivity index is 2.63. The van der Waals surface area contributed by atoms with Crippen LogP contribution in [0.2, 0.25) is 0 Å². The van der Waals surface area contributed by atoms with E-state index in [1.165, 1.54) is 0 Å². The lowest BCUT2D eigenvalue weighted by atomic mass is 10.1. The fraction of sp³-hybridized carbons (Fsp3) is 0.417. The third-order valence-electron chi connectivity index (χ3n) is 2.35. The van der Waals surface area contributed by atoms with E-state index in [1.807, 2.05) is 18.2 Å². The van der Waals surface area contributed by atoms with Crippen LogP contribution in [0, 0.1) is 5.92 Å². The van der Waals surface area contributed by atoms with Crippen LogP contribution in [0.5, 0.6) is 0 Å². The normalized spacial score (nSPS) is 12.2. The maximum Gasteiger partial charge on any atom is 0.104 e. The van der Waals surface area contributed by atoms with Crippen LogP contribution in [-0.4, -0.2) is 25.2 Å². The summed E-state index contributed by atoms with van der Waals surface area (Å²) in [5.41, 5.74) is 7.47. The number of methoxy groups -OCH3 is 1. The Morgan fingerprint density at radius 3 is 2.82 bits per heavy atom. The topological polar surface area (TPSA) is 47.3 Å². The van der Waals surface area contributed by atoms with Crippen LogP contribution in [0.3, 0.4) is 0 Å². The number of halogens is 1. The lowest BCUT2D eigenvalue weighted by Crippen LogP contribution is -2.16. The number of benzene rings is 1. The molecule has 1 rings (SSSR count). The molecule has 3 N–H and O–H groups in total. The van der Waals surface area contributed by atoms with Gasteiger partial charge in [0.15, 0.2) is 0 Å². The van der Waals surface area contributed by atoms with Gasteiger partial charge in [-0.15, -0.1) is 0 Å². The van der Waals surface area contributed by atoms with E-state index in [2.05, 4.69) is 28.2 Å². The number of nitrogens with two attached hydrogens (primary N) is 1. The Labute approximate surface area is 116 Å². The molecular weight excluding hydrogens is 300 g/mol. The number of hydrogen-bond donors (Lipinski definition) is 2. The van der Waals surface area contributed by atoms with Gasteiger partial charge < -0.3 is 15.8 Å². The summed E-state index contributed by atoms with van der Waals surface area (Å²) in [5, 5.41) is 3.35. The molecule has 0 radical (unpaired) electrons. The Morgan fingerprint density at radius 2 is 2.29 bits per heavy atom. The number of ether oxygens (including phenoxy) is 1. The molecule has 0 aliphatic rings. The summed E-state index contributed by atoms with van der Waals surface area (Å²) in [6.07, 6.45) is 0. The van der Waals surface area contributed by atoms with Gasteiger partial charge in [-0.25, -0.2) is 0 Å². The first kappa shape index (κ1) is 14.4.